The van der Waals surface area contributed by atoms with Crippen molar-refractivity contribution in [3.63, 3.8) is 0 Å². The fourth-order valence-corrected chi connectivity index (χ4v) is 3.27. The molecule has 0 aromatic rings. The van der Waals surface area contributed by atoms with Crippen molar-refractivity contribution in [3.8, 4) is 0 Å². The first-order valence-electron chi connectivity index (χ1n) is 6.25. The van der Waals surface area contributed by atoms with E-state index < -0.39 is 0 Å². The fourth-order valence-electron chi connectivity index (χ4n) is 3.27. The highest BCUT2D eigenvalue weighted by Crippen LogP contribution is 2.56. The lowest BCUT2D eigenvalue weighted by atomic mass is 10.0. The molecule has 0 aromatic carbocycles. The second-order valence-electron chi connectivity index (χ2n) is 5.06. The summed E-state index contributed by atoms with van der Waals surface area (Å²) >= 11 is 0. The van der Waals surface area contributed by atoms with E-state index in [2.05, 4.69) is 0 Å². The smallest absolute Gasteiger partial charge is 0.200 e. The Hall–Kier alpha value is -0.790. The molecule has 2 aliphatic carbocycles. The van der Waals surface area contributed by atoms with Crippen LogP contribution in [0.3, 0.4) is 0 Å². The van der Waals surface area contributed by atoms with Crippen molar-refractivity contribution in [2.45, 2.75) is 38.5 Å². The largest absolute Gasteiger partial charge is 0.490 e. The molecule has 15 heavy (non-hydrogen) atoms. The van der Waals surface area contributed by atoms with Crippen LogP contribution in [0.25, 0.3) is 0 Å². The molecule has 2 fully saturated rings. The number of fused-ring (bicyclic) bond motifs is 1. The monoisotopic (exact) mass is 206 g/mol. The van der Waals surface area contributed by atoms with Crippen LogP contribution in [-0.2, 0) is 9.53 Å². The molecular formula is C13H18O2. The van der Waals surface area contributed by atoms with Crippen molar-refractivity contribution < 1.29 is 9.53 Å². The molecule has 2 unspecified atom stereocenters. The minimum absolute atomic E-state index is 0.312. The van der Waals surface area contributed by atoms with E-state index in [0.29, 0.717) is 29.3 Å². The van der Waals surface area contributed by atoms with Crippen LogP contribution in [0.15, 0.2) is 11.8 Å². The van der Waals surface area contributed by atoms with E-state index in [0.717, 1.165) is 19.4 Å². The molecule has 2 atom stereocenters. The fraction of sp³-hybridized carbons (Fsp3) is 0.769. The maximum atomic E-state index is 12.1. The van der Waals surface area contributed by atoms with E-state index in [-0.39, 0.29) is 0 Å². The van der Waals surface area contributed by atoms with Crippen LogP contribution >= 0.6 is 0 Å². The average molecular weight is 206 g/mol. The molecule has 2 heteroatoms. The first-order chi connectivity index (χ1) is 7.38. The molecule has 0 bridgehead atoms. The van der Waals surface area contributed by atoms with Gasteiger partial charge in [0.1, 0.15) is 0 Å². The zero-order chi connectivity index (χ0) is 10.3. The van der Waals surface area contributed by atoms with Gasteiger partial charge in [0.05, 0.1) is 6.61 Å². The van der Waals surface area contributed by atoms with Crippen molar-refractivity contribution in [1.82, 2.24) is 0 Å². The second kappa shape index (κ2) is 3.66. The van der Waals surface area contributed by atoms with Gasteiger partial charge in [-0.2, -0.15) is 0 Å². The molecule has 0 spiro atoms. The Bertz CT molecular complexity index is 294. The van der Waals surface area contributed by atoms with Gasteiger partial charge in [0.25, 0.3) is 0 Å². The number of ether oxygens (including phenoxy) is 1. The van der Waals surface area contributed by atoms with E-state index in [1.54, 1.807) is 0 Å². The highest BCUT2D eigenvalue weighted by atomic mass is 16.5. The third kappa shape index (κ3) is 1.60. The third-order valence-electron chi connectivity index (χ3n) is 4.14. The predicted molar refractivity (Wildman–Crippen MR) is 57.2 cm³/mol. The molecule has 0 radical (unpaired) electrons. The minimum Gasteiger partial charge on any atom is -0.490 e. The number of allylic oxidation sites excluding steroid dienone is 2. The molecule has 0 saturated heterocycles. The number of carbonyl (C=O) groups excluding carboxylic acids is 1. The Morgan fingerprint density at radius 3 is 2.53 bits per heavy atom. The molecule has 2 nitrogen and oxygen atoms in total. The molecule has 82 valence electrons. The van der Waals surface area contributed by atoms with Gasteiger partial charge in [-0.1, -0.05) is 12.8 Å². The van der Waals surface area contributed by atoms with Gasteiger partial charge < -0.3 is 4.74 Å². The highest BCUT2D eigenvalue weighted by Gasteiger charge is 2.55. The number of carbonyl (C=O) groups is 1. The second-order valence-corrected chi connectivity index (χ2v) is 5.06. The van der Waals surface area contributed by atoms with Crippen molar-refractivity contribution in [2.75, 3.05) is 6.61 Å². The summed E-state index contributed by atoms with van der Waals surface area (Å²) in [5.74, 6) is 2.74. The minimum atomic E-state index is 0.312. The maximum absolute atomic E-state index is 12.1. The van der Waals surface area contributed by atoms with Crippen LogP contribution in [-0.4, -0.2) is 12.4 Å². The summed E-state index contributed by atoms with van der Waals surface area (Å²) in [6.45, 7) is 0.736. The van der Waals surface area contributed by atoms with Crippen LogP contribution in [0.5, 0.6) is 0 Å². The van der Waals surface area contributed by atoms with Gasteiger partial charge in [-0.05, 0) is 43.6 Å². The number of hydrogen-bond acceptors (Lipinski definition) is 2. The van der Waals surface area contributed by atoms with Gasteiger partial charge in [0.2, 0.25) is 5.78 Å². The highest BCUT2D eigenvalue weighted by molar-refractivity contribution is 5.97. The van der Waals surface area contributed by atoms with Crippen LogP contribution in [0.2, 0.25) is 0 Å². The Kier molecular flexibility index (Phi) is 2.30. The lowest BCUT2D eigenvalue weighted by Crippen LogP contribution is -2.14. The number of ketones is 1. The van der Waals surface area contributed by atoms with Crippen LogP contribution in [0.1, 0.15) is 38.5 Å². The first kappa shape index (κ1) is 9.44. The zero-order valence-corrected chi connectivity index (χ0v) is 9.08. The lowest BCUT2D eigenvalue weighted by Gasteiger charge is -2.13. The van der Waals surface area contributed by atoms with E-state index in [1.807, 2.05) is 6.08 Å². The Labute approximate surface area is 90.7 Å². The van der Waals surface area contributed by atoms with Gasteiger partial charge in [-0.25, -0.2) is 0 Å². The lowest BCUT2D eigenvalue weighted by molar-refractivity contribution is -0.120. The van der Waals surface area contributed by atoms with Gasteiger partial charge in [-0.15, -0.1) is 0 Å². The normalized spacial score (nSPS) is 38.7. The van der Waals surface area contributed by atoms with E-state index in [9.17, 15) is 4.79 Å². The van der Waals surface area contributed by atoms with Crippen LogP contribution in [0.4, 0.5) is 0 Å². The molecule has 0 N–H and O–H groups in total. The van der Waals surface area contributed by atoms with Gasteiger partial charge in [0.15, 0.2) is 5.76 Å². The molecule has 0 amide bonds. The van der Waals surface area contributed by atoms with E-state index >= 15 is 0 Å². The molecule has 0 aromatic heterocycles. The summed E-state index contributed by atoms with van der Waals surface area (Å²) < 4.78 is 5.46. The Morgan fingerprint density at radius 2 is 1.93 bits per heavy atom. The van der Waals surface area contributed by atoms with Gasteiger partial charge >= 0.3 is 0 Å². The summed E-state index contributed by atoms with van der Waals surface area (Å²) in [5, 5.41) is 0. The zero-order valence-electron chi connectivity index (χ0n) is 9.08. The topological polar surface area (TPSA) is 26.3 Å². The van der Waals surface area contributed by atoms with Crippen LogP contribution < -0.4 is 0 Å². The van der Waals surface area contributed by atoms with Crippen LogP contribution in [0, 0.1) is 17.8 Å². The Morgan fingerprint density at radius 1 is 1.20 bits per heavy atom. The average Bonchev–Trinajstić information content (AvgIpc) is 3.03. The summed E-state index contributed by atoms with van der Waals surface area (Å²) in [5.41, 5.74) is 0. The standard InChI is InChI=1S/C13H18O2/c14-13(11-7-3-4-8-15-11)12-9-5-1-2-6-10(9)12/h7,9-10,12H,1-6,8H2. The molecule has 3 rings (SSSR count). The predicted octanol–water partition coefficient (Wildman–Crippen LogP) is 2.69. The molecular weight excluding hydrogens is 188 g/mol. The molecule has 1 heterocycles. The quantitative estimate of drug-likeness (QED) is 0.694. The van der Waals surface area contributed by atoms with Gasteiger partial charge in [0, 0.05) is 5.92 Å². The Balaban J connectivity index is 1.68. The van der Waals surface area contributed by atoms with Gasteiger partial charge in [-0.3, -0.25) is 4.79 Å². The van der Waals surface area contributed by atoms with Crippen molar-refractivity contribution in [1.29, 1.82) is 0 Å². The van der Waals surface area contributed by atoms with E-state index in [4.69, 9.17) is 4.74 Å². The molecule has 2 saturated carbocycles. The van der Waals surface area contributed by atoms with Crippen molar-refractivity contribution in [3.05, 3.63) is 11.8 Å². The summed E-state index contributed by atoms with van der Waals surface area (Å²) in [7, 11) is 0. The summed E-state index contributed by atoms with van der Waals surface area (Å²) in [6, 6.07) is 0. The SMILES string of the molecule is O=C(C1=CCCCO1)C1C2CCCCC21. The molecule has 3 aliphatic rings. The maximum Gasteiger partial charge on any atom is 0.200 e. The summed E-state index contributed by atoms with van der Waals surface area (Å²) in [6.07, 6.45) is 9.27. The molecule has 1 aliphatic heterocycles. The number of rotatable bonds is 2. The first-order valence-corrected chi connectivity index (χ1v) is 6.25. The van der Waals surface area contributed by atoms with E-state index in [1.165, 1.54) is 25.7 Å². The number of hydrogen-bond donors (Lipinski definition) is 0. The third-order valence-corrected chi connectivity index (χ3v) is 4.14. The van der Waals surface area contributed by atoms with Crippen molar-refractivity contribution >= 4 is 5.78 Å². The summed E-state index contributed by atoms with van der Waals surface area (Å²) in [4.78, 5) is 12.1. The number of Topliss-reactive ketones (excluding diaryl/α,β-unsaturated/α-hetero) is 1. The van der Waals surface area contributed by atoms with Crippen molar-refractivity contribution in [2.24, 2.45) is 17.8 Å².